The molecule has 1 aliphatic rings. The van der Waals surface area contributed by atoms with Gasteiger partial charge in [-0.05, 0) is 18.2 Å². The van der Waals surface area contributed by atoms with Crippen LogP contribution in [-0.4, -0.2) is 21.5 Å². The van der Waals surface area contributed by atoms with Crippen LogP contribution in [0.1, 0.15) is 26.7 Å². The highest BCUT2D eigenvalue weighted by Crippen LogP contribution is 2.41. The summed E-state index contributed by atoms with van der Waals surface area (Å²) in [7, 11) is 0. The number of amides is 1. The molecule has 2 heterocycles. The summed E-state index contributed by atoms with van der Waals surface area (Å²) in [5.41, 5.74) is 0.702. The van der Waals surface area contributed by atoms with Crippen LogP contribution < -0.4 is 14.8 Å². The smallest absolute Gasteiger partial charge is 0.248 e. The van der Waals surface area contributed by atoms with Gasteiger partial charge in [-0.1, -0.05) is 6.92 Å². The van der Waals surface area contributed by atoms with Gasteiger partial charge in [0.2, 0.25) is 11.7 Å². The highest BCUT2D eigenvalue weighted by molar-refractivity contribution is 5.91. The number of carbonyl (C=O) groups is 1. The van der Waals surface area contributed by atoms with Gasteiger partial charge in [-0.3, -0.25) is 9.48 Å². The van der Waals surface area contributed by atoms with E-state index in [1.165, 1.54) is 0 Å². The molecular formula is C16H19N3O3. The number of hydrogen-bond acceptors (Lipinski definition) is 4. The largest absolute Gasteiger partial charge is 0.449 e. The SMILES string of the molecule is CCC1(C)Oc2ccc(NC(=O)CCn3cccn3)cc2O1. The first kappa shape index (κ1) is 14.4. The third-order valence-electron chi connectivity index (χ3n) is 3.65. The fraction of sp³-hybridized carbons (Fsp3) is 0.375. The number of fused-ring (bicyclic) bond motifs is 1. The van der Waals surface area contributed by atoms with Gasteiger partial charge >= 0.3 is 0 Å². The Balaban J connectivity index is 1.60. The van der Waals surface area contributed by atoms with E-state index < -0.39 is 5.79 Å². The van der Waals surface area contributed by atoms with Crippen molar-refractivity contribution in [2.24, 2.45) is 0 Å². The lowest BCUT2D eigenvalue weighted by molar-refractivity contribution is -0.116. The monoisotopic (exact) mass is 301 g/mol. The summed E-state index contributed by atoms with van der Waals surface area (Å²) in [6.45, 7) is 4.45. The third-order valence-corrected chi connectivity index (χ3v) is 3.65. The van der Waals surface area contributed by atoms with E-state index in [0.717, 1.165) is 6.42 Å². The highest BCUT2D eigenvalue weighted by atomic mass is 16.7. The number of hydrogen-bond donors (Lipinski definition) is 1. The van der Waals surface area contributed by atoms with E-state index >= 15 is 0 Å². The van der Waals surface area contributed by atoms with Gasteiger partial charge in [-0.2, -0.15) is 5.10 Å². The molecule has 22 heavy (non-hydrogen) atoms. The summed E-state index contributed by atoms with van der Waals surface area (Å²) >= 11 is 0. The van der Waals surface area contributed by atoms with E-state index in [1.807, 2.05) is 38.2 Å². The summed E-state index contributed by atoms with van der Waals surface area (Å²) in [6.07, 6.45) is 4.63. The van der Waals surface area contributed by atoms with E-state index in [4.69, 9.17) is 9.47 Å². The maximum Gasteiger partial charge on any atom is 0.248 e. The number of ether oxygens (including phenoxy) is 2. The van der Waals surface area contributed by atoms with E-state index in [1.54, 1.807) is 16.9 Å². The van der Waals surface area contributed by atoms with Crippen molar-refractivity contribution < 1.29 is 14.3 Å². The molecular weight excluding hydrogens is 282 g/mol. The van der Waals surface area contributed by atoms with Gasteiger partial charge in [0.1, 0.15) is 0 Å². The Morgan fingerprint density at radius 1 is 1.36 bits per heavy atom. The van der Waals surface area contributed by atoms with E-state index in [9.17, 15) is 4.79 Å². The molecule has 0 bridgehead atoms. The minimum absolute atomic E-state index is 0.0624. The average molecular weight is 301 g/mol. The molecule has 116 valence electrons. The molecule has 6 heteroatoms. The van der Waals surface area contributed by atoms with Gasteiger partial charge in [-0.15, -0.1) is 0 Å². The second-order valence-corrected chi connectivity index (χ2v) is 5.42. The lowest BCUT2D eigenvalue weighted by Crippen LogP contribution is -2.33. The van der Waals surface area contributed by atoms with Crippen molar-refractivity contribution in [3.8, 4) is 11.5 Å². The first-order valence-corrected chi connectivity index (χ1v) is 7.37. The lowest BCUT2D eigenvalue weighted by Gasteiger charge is -2.20. The maximum absolute atomic E-state index is 12.0. The molecule has 1 amide bonds. The summed E-state index contributed by atoms with van der Waals surface area (Å²) in [5, 5.41) is 6.93. The molecule has 3 rings (SSSR count). The zero-order chi connectivity index (χ0) is 15.6. The number of aromatic nitrogens is 2. The summed E-state index contributed by atoms with van der Waals surface area (Å²) in [4.78, 5) is 12.0. The first-order valence-electron chi connectivity index (χ1n) is 7.37. The van der Waals surface area contributed by atoms with Crippen molar-refractivity contribution in [2.75, 3.05) is 5.32 Å². The zero-order valence-electron chi connectivity index (χ0n) is 12.7. The van der Waals surface area contributed by atoms with Crippen molar-refractivity contribution in [1.82, 2.24) is 9.78 Å². The Bertz CT molecular complexity index is 669. The van der Waals surface area contributed by atoms with Crippen molar-refractivity contribution in [3.63, 3.8) is 0 Å². The number of rotatable bonds is 5. The molecule has 2 aromatic rings. The first-order chi connectivity index (χ1) is 10.6. The molecule has 6 nitrogen and oxygen atoms in total. The van der Waals surface area contributed by atoms with Gasteiger partial charge in [0.15, 0.2) is 11.5 Å². The van der Waals surface area contributed by atoms with Crippen molar-refractivity contribution in [3.05, 3.63) is 36.7 Å². The number of nitrogens with zero attached hydrogens (tertiary/aromatic N) is 2. The quantitative estimate of drug-likeness (QED) is 0.922. The second-order valence-electron chi connectivity index (χ2n) is 5.42. The Labute approximate surface area is 129 Å². The zero-order valence-corrected chi connectivity index (χ0v) is 12.7. The van der Waals surface area contributed by atoms with Crippen molar-refractivity contribution in [1.29, 1.82) is 0 Å². The van der Waals surface area contributed by atoms with E-state index in [0.29, 0.717) is 30.2 Å². The van der Waals surface area contributed by atoms with Crippen LogP contribution in [0, 0.1) is 0 Å². The summed E-state index contributed by atoms with van der Waals surface area (Å²) in [6, 6.07) is 7.26. The van der Waals surface area contributed by atoms with Crippen LogP contribution in [0.3, 0.4) is 0 Å². The van der Waals surface area contributed by atoms with E-state index in [2.05, 4.69) is 10.4 Å². The van der Waals surface area contributed by atoms with Crippen LogP contribution >= 0.6 is 0 Å². The molecule has 0 spiro atoms. The molecule has 0 fully saturated rings. The Morgan fingerprint density at radius 2 is 2.18 bits per heavy atom. The summed E-state index contributed by atoms with van der Waals surface area (Å²) in [5.74, 6) is 0.686. The second kappa shape index (κ2) is 5.71. The van der Waals surface area contributed by atoms with Crippen LogP contribution in [0.25, 0.3) is 0 Å². The Kier molecular flexibility index (Phi) is 3.75. The molecule has 0 aliphatic carbocycles. The van der Waals surface area contributed by atoms with Crippen LogP contribution in [0.5, 0.6) is 11.5 Å². The highest BCUT2D eigenvalue weighted by Gasteiger charge is 2.34. The molecule has 0 radical (unpaired) electrons. The number of nitrogens with one attached hydrogen (secondary N) is 1. The predicted octanol–water partition coefficient (Wildman–Crippen LogP) is 2.81. The molecule has 1 N–H and O–H groups in total. The Morgan fingerprint density at radius 3 is 2.91 bits per heavy atom. The molecule has 0 saturated heterocycles. The lowest BCUT2D eigenvalue weighted by atomic mass is 10.2. The number of aryl methyl sites for hydroxylation is 1. The van der Waals surface area contributed by atoms with Gasteiger partial charge in [0.25, 0.3) is 0 Å². The molecule has 1 atom stereocenters. The average Bonchev–Trinajstić information content (AvgIpc) is 3.12. The van der Waals surface area contributed by atoms with Crippen LogP contribution in [-0.2, 0) is 11.3 Å². The van der Waals surface area contributed by atoms with Gasteiger partial charge in [0.05, 0.1) is 0 Å². The third kappa shape index (κ3) is 3.05. The molecule has 1 unspecified atom stereocenters. The Hall–Kier alpha value is -2.50. The number of benzene rings is 1. The van der Waals surface area contributed by atoms with Crippen molar-refractivity contribution >= 4 is 11.6 Å². The number of carbonyl (C=O) groups excluding carboxylic acids is 1. The van der Waals surface area contributed by atoms with Gasteiger partial charge in [-0.25, -0.2) is 0 Å². The standard InChI is InChI=1S/C16H19N3O3/c1-3-16(2)21-13-6-5-12(11-14(13)22-16)18-15(20)7-10-19-9-4-8-17-19/h4-6,8-9,11H,3,7,10H2,1-2H3,(H,18,20). The summed E-state index contributed by atoms with van der Waals surface area (Å²) < 4.78 is 13.3. The van der Waals surface area contributed by atoms with Crippen molar-refractivity contribution in [2.45, 2.75) is 39.0 Å². The van der Waals surface area contributed by atoms with Gasteiger partial charge in [0, 0.05) is 50.5 Å². The van der Waals surface area contributed by atoms with E-state index in [-0.39, 0.29) is 5.91 Å². The normalized spacial score (nSPS) is 19.2. The molecule has 0 saturated carbocycles. The van der Waals surface area contributed by atoms with Crippen LogP contribution in [0.15, 0.2) is 36.7 Å². The molecule has 1 aliphatic heterocycles. The number of anilines is 1. The topological polar surface area (TPSA) is 65.4 Å². The minimum Gasteiger partial charge on any atom is -0.449 e. The van der Waals surface area contributed by atoms with Gasteiger partial charge < -0.3 is 14.8 Å². The molecule has 1 aromatic carbocycles. The van der Waals surface area contributed by atoms with Crippen LogP contribution in [0.2, 0.25) is 0 Å². The fourth-order valence-corrected chi connectivity index (χ4v) is 2.25. The fourth-order valence-electron chi connectivity index (χ4n) is 2.25. The van der Waals surface area contributed by atoms with Crippen LogP contribution in [0.4, 0.5) is 5.69 Å². The molecule has 1 aromatic heterocycles. The maximum atomic E-state index is 12.0. The predicted molar refractivity (Wildman–Crippen MR) is 81.9 cm³/mol. The minimum atomic E-state index is -0.620.